The number of aliphatic hydroxyl groups excluding tert-OH is 1. The van der Waals surface area contributed by atoms with E-state index < -0.39 is 11.5 Å². The van der Waals surface area contributed by atoms with Gasteiger partial charge in [-0.15, -0.1) is 0 Å². The van der Waals surface area contributed by atoms with Gasteiger partial charge in [0.05, 0.1) is 22.8 Å². The van der Waals surface area contributed by atoms with Crippen molar-refractivity contribution >= 4 is 23.4 Å². The number of piperidine rings is 1. The van der Waals surface area contributed by atoms with E-state index >= 15 is 0 Å². The quantitative estimate of drug-likeness (QED) is 0.704. The van der Waals surface area contributed by atoms with Crippen LogP contribution in [0.5, 0.6) is 0 Å². The molecule has 178 valence electrons. The Balaban J connectivity index is 1.53. The van der Waals surface area contributed by atoms with Crippen molar-refractivity contribution in [2.24, 2.45) is 5.41 Å². The fourth-order valence-corrected chi connectivity index (χ4v) is 5.90. The number of nitrogens with zero attached hydrogens (tertiary/aromatic N) is 4. The van der Waals surface area contributed by atoms with Gasteiger partial charge in [-0.3, -0.25) is 9.69 Å². The molecule has 1 aliphatic carbocycles. The van der Waals surface area contributed by atoms with Gasteiger partial charge in [-0.25, -0.2) is 4.79 Å². The SMILES string of the molecule is CCCN(C(=O)O)c1ccc(N2CCC[C@]3(CCN(C4CCC(O)CC4)C3=O)C2)c(C#N)c1. The molecule has 3 aliphatic rings. The lowest BCUT2D eigenvalue weighted by atomic mass is 9.78. The van der Waals surface area contributed by atoms with Gasteiger partial charge >= 0.3 is 6.09 Å². The standard InChI is InChI=1S/C25H34N4O4/c1-2-12-29(24(32)33)20-6-9-22(18(15-20)16-26)27-13-3-10-25(17-27)11-14-28(23(25)31)19-4-7-21(30)8-5-19/h6,9,15,19,21,30H,2-5,7-8,10-14,17H2,1H3,(H,32,33)/t19?,21?,25-/m0/s1. The molecule has 8 heteroatoms. The molecule has 3 fully saturated rings. The van der Waals surface area contributed by atoms with Crippen molar-refractivity contribution in [1.82, 2.24) is 4.90 Å². The van der Waals surface area contributed by atoms with E-state index in [1.807, 2.05) is 13.0 Å². The highest BCUT2D eigenvalue weighted by molar-refractivity contribution is 5.88. The molecule has 2 saturated heterocycles. The zero-order valence-corrected chi connectivity index (χ0v) is 19.4. The normalized spacial score (nSPS) is 27.6. The first-order valence-electron chi connectivity index (χ1n) is 12.2. The van der Waals surface area contributed by atoms with Crippen LogP contribution in [0.2, 0.25) is 0 Å². The van der Waals surface area contributed by atoms with E-state index in [9.17, 15) is 25.1 Å². The largest absolute Gasteiger partial charge is 0.465 e. The Morgan fingerprint density at radius 1 is 1.24 bits per heavy atom. The van der Waals surface area contributed by atoms with Gasteiger partial charge in [-0.05, 0) is 69.6 Å². The first-order chi connectivity index (χ1) is 15.9. The molecule has 2 aliphatic heterocycles. The molecule has 33 heavy (non-hydrogen) atoms. The summed E-state index contributed by atoms with van der Waals surface area (Å²) in [6, 6.07) is 7.71. The number of carbonyl (C=O) groups excluding carboxylic acids is 1. The molecule has 0 aromatic heterocycles. The lowest BCUT2D eigenvalue weighted by Crippen LogP contribution is -2.50. The second-order valence-corrected chi connectivity index (χ2v) is 9.76. The molecule has 1 atom stereocenters. The molecular formula is C25H34N4O4. The van der Waals surface area contributed by atoms with Gasteiger partial charge in [0, 0.05) is 37.9 Å². The lowest BCUT2D eigenvalue weighted by molar-refractivity contribution is -0.139. The number of nitriles is 1. The van der Waals surface area contributed by atoms with E-state index in [2.05, 4.69) is 15.9 Å². The smallest absolute Gasteiger partial charge is 0.411 e. The Bertz CT molecular complexity index is 937. The molecule has 1 spiro atoms. The summed E-state index contributed by atoms with van der Waals surface area (Å²) in [4.78, 5) is 30.7. The summed E-state index contributed by atoms with van der Waals surface area (Å²) in [7, 11) is 0. The Morgan fingerprint density at radius 2 is 2.00 bits per heavy atom. The summed E-state index contributed by atoms with van der Waals surface area (Å²) in [5, 5.41) is 29.2. The summed E-state index contributed by atoms with van der Waals surface area (Å²) < 4.78 is 0. The number of anilines is 2. The Kier molecular flexibility index (Phi) is 6.80. The van der Waals surface area contributed by atoms with E-state index in [4.69, 9.17) is 0 Å². The van der Waals surface area contributed by atoms with Gasteiger partial charge in [-0.2, -0.15) is 5.26 Å². The highest BCUT2D eigenvalue weighted by Crippen LogP contribution is 2.44. The summed E-state index contributed by atoms with van der Waals surface area (Å²) in [5.74, 6) is 0.226. The van der Waals surface area contributed by atoms with Crippen LogP contribution in [0.4, 0.5) is 16.2 Å². The Labute approximate surface area is 195 Å². The molecule has 2 N–H and O–H groups in total. The van der Waals surface area contributed by atoms with E-state index in [0.717, 1.165) is 63.7 Å². The number of rotatable bonds is 5. The maximum Gasteiger partial charge on any atom is 0.411 e. The first kappa shape index (κ1) is 23.4. The average Bonchev–Trinajstić information content (AvgIpc) is 3.12. The van der Waals surface area contributed by atoms with Crippen molar-refractivity contribution in [3.8, 4) is 6.07 Å². The van der Waals surface area contributed by atoms with Crippen LogP contribution < -0.4 is 9.80 Å². The van der Waals surface area contributed by atoms with Gasteiger partial charge < -0.3 is 20.0 Å². The minimum absolute atomic E-state index is 0.226. The molecule has 0 unspecified atom stereocenters. The molecule has 8 nitrogen and oxygen atoms in total. The van der Waals surface area contributed by atoms with Crippen LogP contribution in [0.3, 0.4) is 0 Å². The van der Waals surface area contributed by atoms with Gasteiger partial charge in [0.2, 0.25) is 5.91 Å². The van der Waals surface area contributed by atoms with E-state index in [1.165, 1.54) is 4.90 Å². The summed E-state index contributed by atoms with van der Waals surface area (Å²) in [5.41, 5.74) is 1.29. The summed E-state index contributed by atoms with van der Waals surface area (Å²) >= 11 is 0. The van der Waals surface area contributed by atoms with Crippen molar-refractivity contribution in [2.45, 2.75) is 70.4 Å². The lowest BCUT2D eigenvalue weighted by Gasteiger charge is -2.41. The number of likely N-dealkylation sites (tertiary alicyclic amines) is 1. The molecule has 1 aromatic carbocycles. The first-order valence-corrected chi connectivity index (χ1v) is 12.2. The molecule has 0 radical (unpaired) electrons. The third kappa shape index (κ3) is 4.51. The number of hydrogen-bond donors (Lipinski definition) is 2. The minimum atomic E-state index is -1.03. The third-order valence-electron chi connectivity index (χ3n) is 7.66. The maximum atomic E-state index is 13.6. The number of carboxylic acid groups (broad SMARTS) is 1. The Hall–Kier alpha value is -2.79. The van der Waals surface area contributed by atoms with Crippen LogP contribution >= 0.6 is 0 Å². The average molecular weight is 455 g/mol. The van der Waals surface area contributed by atoms with E-state index in [1.54, 1.807) is 12.1 Å². The molecular weight excluding hydrogens is 420 g/mol. The van der Waals surface area contributed by atoms with E-state index in [-0.39, 0.29) is 18.1 Å². The second kappa shape index (κ2) is 9.60. The van der Waals surface area contributed by atoms with E-state index in [0.29, 0.717) is 30.8 Å². The summed E-state index contributed by atoms with van der Waals surface area (Å²) in [6.07, 6.45) is 5.23. The van der Waals surface area contributed by atoms with Crippen LogP contribution in [0.15, 0.2) is 18.2 Å². The minimum Gasteiger partial charge on any atom is -0.465 e. The topological polar surface area (TPSA) is 108 Å². The van der Waals surface area contributed by atoms with Crippen molar-refractivity contribution in [1.29, 1.82) is 5.26 Å². The number of aliphatic hydroxyl groups is 1. The molecule has 1 aromatic rings. The predicted molar refractivity (Wildman–Crippen MR) is 125 cm³/mol. The number of amides is 2. The number of carbonyl (C=O) groups is 2. The monoisotopic (exact) mass is 454 g/mol. The summed E-state index contributed by atoms with van der Waals surface area (Å²) in [6.45, 7) is 4.41. The van der Waals surface area contributed by atoms with Crippen LogP contribution in [-0.2, 0) is 4.79 Å². The zero-order chi connectivity index (χ0) is 23.6. The van der Waals surface area contributed by atoms with Gasteiger partial charge in [0.15, 0.2) is 0 Å². The fraction of sp³-hybridized carbons (Fsp3) is 0.640. The van der Waals surface area contributed by atoms with Crippen molar-refractivity contribution in [3.05, 3.63) is 23.8 Å². The molecule has 4 rings (SSSR count). The highest BCUT2D eigenvalue weighted by atomic mass is 16.4. The maximum absolute atomic E-state index is 13.6. The van der Waals surface area contributed by atoms with Crippen molar-refractivity contribution in [3.63, 3.8) is 0 Å². The Morgan fingerprint density at radius 3 is 2.67 bits per heavy atom. The van der Waals surface area contributed by atoms with Crippen molar-refractivity contribution < 1.29 is 19.8 Å². The zero-order valence-electron chi connectivity index (χ0n) is 19.4. The van der Waals surface area contributed by atoms with Crippen LogP contribution in [0.1, 0.15) is 63.9 Å². The molecule has 0 bridgehead atoms. The fourth-order valence-electron chi connectivity index (χ4n) is 5.90. The molecule has 2 amide bonds. The van der Waals surface area contributed by atoms with Crippen LogP contribution in [0.25, 0.3) is 0 Å². The predicted octanol–water partition coefficient (Wildman–Crippen LogP) is 3.58. The number of benzene rings is 1. The highest BCUT2D eigenvalue weighted by Gasteiger charge is 2.50. The van der Waals surface area contributed by atoms with Crippen LogP contribution in [-0.4, -0.2) is 65.4 Å². The molecule has 1 saturated carbocycles. The van der Waals surface area contributed by atoms with Crippen molar-refractivity contribution in [2.75, 3.05) is 36.0 Å². The van der Waals surface area contributed by atoms with Crippen LogP contribution in [0, 0.1) is 16.7 Å². The third-order valence-corrected chi connectivity index (χ3v) is 7.66. The van der Waals surface area contributed by atoms with Gasteiger partial charge in [0.25, 0.3) is 0 Å². The van der Waals surface area contributed by atoms with Gasteiger partial charge in [-0.1, -0.05) is 6.92 Å². The second-order valence-electron chi connectivity index (χ2n) is 9.76. The van der Waals surface area contributed by atoms with Gasteiger partial charge in [0.1, 0.15) is 6.07 Å². The molecule has 2 heterocycles. The number of hydrogen-bond acceptors (Lipinski definition) is 5.